The van der Waals surface area contributed by atoms with Gasteiger partial charge in [0.15, 0.2) is 0 Å². The van der Waals surface area contributed by atoms with Gasteiger partial charge in [0.05, 0.1) is 5.56 Å². The van der Waals surface area contributed by atoms with Gasteiger partial charge in [-0.15, -0.1) is 0 Å². The average Bonchev–Trinajstić information content (AvgIpc) is 2.38. The lowest BCUT2D eigenvalue weighted by molar-refractivity contribution is 0.102. The first-order valence-electron chi connectivity index (χ1n) is 6.47. The molecule has 2 aromatic rings. The van der Waals surface area contributed by atoms with Gasteiger partial charge in [-0.25, -0.2) is 0 Å². The number of amides is 1. The number of nitrogens with two attached hydrogens (primary N) is 1. The third-order valence-corrected chi connectivity index (χ3v) is 3.81. The second-order valence-corrected chi connectivity index (χ2v) is 5.56. The van der Waals surface area contributed by atoms with Crippen LogP contribution in [0.2, 0.25) is 0 Å². The van der Waals surface area contributed by atoms with E-state index in [4.69, 9.17) is 5.73 Å². The van der Waals surface area contributed by atoms with Gasteiger partial charge >= 0.3 is 0 Å². The van der Waals surface area contributed by atoms with Gasteiger partial charge < -0.3 is 11.1 Å². The zero-order chi connectivity index (χ0) is 14.7. The number of hydrogen-bond acceptors (Lipinski definition) is 2. The molecule has 0 fully saturated rings. The molecule has 2 aromatic carbocycles. The molecule has 0 aliphatic heterocycles. The third kappa shape index (κ3) is 3.20. The number of aryl methyl sites for hydroxylation is 2. The van der Waals surface area contributed by atoms with Crippen molar-refractivity contribution < 1.29 is 4.79 Å². The normalized spacial score (nSPS) is 10.3. The van der Waals surface area contributed by atoms with E-state index >= 15 is 0 Å². The molecule has 0 bridgehead atoms. The number of hydrogen-bond donors (Lipinski definition) is 2. The number of rotatable bonds is 3. The maximum atomic E-state index is 12.2. The topological polar surface area (TPSA) is 55.1 Å². The Balaban J connectivity index is 2.21. The molecule has 2 rings (SSSR count). The zero-order valence-electron chi connectivity index (χ0n) is 11.5. The van der Waals surface area contributed by atoms with Crippen LogP contribution in [0.25, 0.3) is 0 Å². The van der Waals surface area contributed by atoms with E-state index in [2.05, 4.69) is 21.2 Å². The van der Waals surface area contributed by atoms with Crippen molar-refractivity contribution in [3.63, 3.8) is 0 Å². The number of carbonyl (C=O) groups excluding carboxylic acids is 1. The van der Waals surface area contributed by atoms with Gasteiger partial charge in [-0.1, -0.05) is 19.1 Å². The first-order chi connectivity index (χ1) is 9.51. The highest BCUT2D eigenvalue weighted by Gasteiger charge is 2.10. The molecule has 0 aliphatic carbocycles. The Kier molecular flexibility index (Phi) is 4.45. The summed E-state index contributed by atoms with van der Waals surface area (Å²) < 4.78 is 0.785. The standard InChI is InChI=1S/C16H17BrN2O/c1-3-11-5-6-12(9-15(11)18)19-16(20)13-7-4-10(2)8-14(13)17/h4-9H,3,18H2,1-2H3,(H,19,20). The molecule has 0 aromatic heterocycles. The molecule has 104 valence electrons. The predicted molar refractivity (Wildman–Crippen MR) is 87.1 cm³/mol. The lowest BCUT2D eigenvalue weighted by Gasteiger charge is -2.10. The van der Waals surface area contributed by atoms with Crippen LogP contribution in [-0.4, -0.2) is 5.91 Å². The van der Waals surface area contributed by atoms with Crippen molar-refractivity contribution in [2.45, 2.75) is 20.3 Å². The van der Waals surface area contributed by atoms with Crippen molar-refractivity contribution >= 4 is 33.2 Å². The van der Waals surface area contributed by atoms with Crippen molar-refractivity contribution in [3.8, 4) is 0 Å². The van der Waals surface area contributed by atoms with Crippen LogP contribution in [0.15, 0.2) is 40.9 Å². The van der Waals surface area contributed by atoms with E-state index in [0.717, 1.165) is 22.0 Å². The van der Waals surface area contributed by atoms with Crippen molar-refractivity contribution in [1.82, 2.24) is 0 Å². The highest BCUT2D eigenvalue weighted by atomic mass is 79.9. The Morgan fingerprint density at radius 3 is 2.60 bits per heavy atom. The van der Waals surface area contributed by atoms with Gasteiger partial charge in [-0.3, -0.25) is 4.79 Å². The van der Waals surface area contributed by atoms with Crippen LogP contribution in [0.1, 0.15) is 28.4 Å². The average molecular weight is 333 g/mol. The molecule has 0 atom stereocenters. The summed E-state index contributed by atoms with van der Waals surface area (Å²) in [6.07, 6.45) is 0.879. The quantitative estimate of drug-likeness (QED) is 0.829. The molecule has 0 heterocycles. The van der Waals surface area contributed by atoms with Gasteiger partial charge in [-0.2, -0.15) is 0 Å². The smallest absolute Gasteiger partial charge is 0.256 e. The minimum atomic E-state index is -0.152. The summed E-state index contributed by atoms with van der Waals surface area (Å²) in [7, 11) is 0. The molecule has 1 amide bonds. The maximum absolute atomic E-state index is 12.2. The molecule has 0 saturated carbocycles. The Hall–Kier alpha value is -1.81. The summed E-state index contributed by atoms with van der Waals surface area (Å²) in [6.45, 7) is 4.03. The van der Waals surface area contributed by atoms with Gasteiger partial charge in [0, 0.05) is 15.8 Å². The minimum Gasteiger partial charge on any atom is -0.398 e. The fourth-order valence-electron chi connectivity index (χ4n) is 2.00. The highest BCUT2D eigenvalue weighted by Crippen LogP contribution is 2.22. The van der Waals surface area contributed by atoms with E-state index in [1.807, 2.05) is 38.1 Å². The molecular formula is C16H17BrN2O. The number of benzene rings is 2. The number of carbonyl (C=O) groups is 1. The summed E-state index contributed by atoms with van der Waals surface area (Å²) in [5.41, 5.74) is 10.1. The molecule has 3 nitrogen and oxygen atoms in total. The zero-order valence-corrected chi connectivity index (χ0v) is 13.1. The van der Waals surface area contributed by atoms with Gasteiger partial charge in [0.2, 0.25) is 0 Å². The third-order valence-electron chi connectivity index (χ3n) is 3.15. The second-order valence-electron chi connectivity index (χ2n) is 4.70. The summed E-state index contributed by atoms with van der Waals surface area (Å²) in [6, 6.07) is 11.2. The van der Waals surface area contributed by atoms with Crippen LogP contribution in [0, 0.1) is 6.92 Å². The lowest BCUT2D eigenvalue weighted by Crippen LogP contribution is -2.13. The van der Waals surface area contributed by atoms with E-state index in [0.29, 0.717) is 16.9 Å². The fourth-order valence-corrected chi connectivity index (χ4v) is 2.67. The molecule has 0 saturated heterocycles. The number of nitrogen functional groups attached to an aromatic ring is 1. The van der Waals surface area contributed by atoms with E-state index in [-0.39, 0.29) is 5.91 Å². The highest BCUT2D eigenvalue weighted by molar-refractivity contribution is 9.10. The van der Waals surface area contributed by atoms with Crippen molar-refractivity contribution in [3.05, 3.63) is 57.6 Å². The Morgan fingerprint density at radius 2 is 2.00 bits per heavy atom. The predicted octanol–water partition coefficient (Wildman–Crippen LogP) is 4.15. The van der Waals surface area contributed by atoms with E-state index in [1.165, 1.54) is 0 Å². The van der Waals surface area contributed by atoms with Crippen LogP contribution in [-0.2, 0) is 6.42 Å². The molecule has 20 heavy (non-hydrogen) atoms. The van der Waals surface area contributed by atoms with Crippen LogP contribution >= 0.6 is 15.9 Å². The molecule has 0 aliphatic rings. The molecule has 0 spiro atoms. The Bertz CT molecular complexity index is 653. The van der Waals surface area contributed by atoms with E-state index in [1.54, 1.807) is 12.1 Å². The monoisotopic (exact) mass is 332 g/mol. The van der Waals surface area contributed by atoms with Gasteiger partial charge in [-0.05, 0) is 64.7 Å². The van der Waals surface area contributed by atoms with Crippen molar-refractivity contribution in [2.75, 3.05) is 11.1 Å². The molecule has 0 radical (unpaired) electrons. The van der Waals surface area contributed by atoms with Crippen molar-refractivity contribution in [2.24, 2.45) is 0 Å². The summed E-state index contributed by atoms with van der Waals surface area (Å²) in [5, 5.41) is 2.86. The van der Waals surface area contributed by atoms with Crippen LogP contribution in [0.5, 0.6) is 0 Å². The van der Waals surface area contributed by atoms with E-state index in [9.17, 15) is 4.79 Å². The molecule has 3 N–H and O–H groups in total. The fraction of sp³-hybridized carbons (Fsp3) is 0.188. The Morgan fingerprint density at radius 1 is 1.25 bits per heavy atom. The number of nitrogens with one attached hydrogen (secondary N) is 1. The van der Waals surface area contributed by atoms with Crippen molar-refractivity contribution in [1.29, 1.82) is 0 Å². The minimum absolute atomic E-state index is 0.152. The lowest BCUT2D eigenvalue weighted by atomic mass is 10.1. The number of anilines is 2. The second kappa shape index (κ2) is 6.09. The SMILES string of the molecule is CCc1ccc(NC(=O)c2ccc(C)cc2Br)cc1N. The van der Waals surface area contributed by atoms with Gasteiger partial charge in [0.1, 0.15) is 0 Å². The number of halogens is 1. The maximum Gasteiger partial charge on any atom is 0.256 e. The first kappa shape index (κ1) is 14.6. The molecular weight excluding hydrogens is 316 g/mol. The van der Waals surface area contributed by atoms with Crippen LogP contribution < -0.4 is 11.1 Å². The summed E-state index contributed by atoms with van der Waals surface area (Å²) in [4.78, 5) is 12.2. The van der Waals surface area contributed by atoms with E-state index < -0.39 is 0 Å². The first-order valence-corrected chi connectivity index (χ1v) is 7.26. The summed E-state index contributed by atoms with van der Waals surface area (Å²) >= 11 is 3.41. The Labute approximate surface area is 127 Å². The summed E-state index contributed by atoms with van der Waals surface area (Å²) in [5.74, 6) is -0.152. The van der Waals surface area contributed by atoms with Gasteiger partial charge in [0.25, 0.3) is 5.91 Å². The largest absolute Gasteiger partial charge is 0.398 e. The van der Waals surface area contributed by atoms with Crippen LogP contribution in [0.3, 0.4) is 0 Å². The van der Waals surface area contributed by atoms with Crippen LogP contribution in [0.4, 0.5) is 11.4 Å². The molecule has 0 unspecified atom stereocenters. The molecule has 4 heteroatoms.